The maximum Gasteiger partial charge on any atom is 0.339 e. The van der Waals surface area contributed by atoms with Gasteiger partial charge in [0.1, 0.15) is 16.4 Å². The normalized spacial score (nSPS) is 14.6. The number of aryl methyl sites for hydroxylation is 1. The number of hydrogen-bond donors (Lipinski definition) is 0. The maximum atomic E-state index is 12.7. The van der Waals surface area contributed by atoms with Crippen molar-refractivity contribution >= 4 is 33.5 Å². The minimum atomic E-state index is -4.04. The van der Waals surface area contributed by atoms with Crippen LogP contribution in [-0.4, -0.2) is 46.3 Å². The van der Waals surface area contributed by atoms with Crippen molar-refractivity contribution in [1.82, 2.24) is 0 Å². The van der Waals surface area contributed by atoms with Crippen molar-refractivity contribution in [2.24, 2.45) is 5.92 Å². The van der Waals surface area contributed by atoms with E-state index in [-0.39, 0.29) is 35.1 Å². The summed E-state index contributed by atoms with van der Waals surface area (Å²) in [5.41, 5.74) is 1.71. The van der Waals surface area contributed by atoms with Crippen LogP contribution in [0.4, 0.5) is 5.69 Å². The van der Waals surface area contributed by atoms with Gasteiger partial charge < -0.3 is 23.3 Å². The van der Waals surface area contributed by atoms with E-state index in [4.69, 9.17) is 18.4 Å². The number of esters is 1. The Morgan fingerprint density at radius 2 is 1.48 bits per heavy atom. The number of amides is 1. The zero-order valence-electron chi connectivity index (χ0n) is 24.0. The second kappa shape index (κ2) is 13.0. The number of ketones is 1. The Bertz CT molecular complexity index is 1770. The second-order valence-electron chi connectivity index (χ2n) is 10.1. The van der Waals surface area contributed by atoms with Crippen molar-refractivity contribution in [1.29, 1.82) is 0 Å². The van der Waals surface area contributed by atoms with E-state index in [2.05, 4.69) is 0 Å². The lowest BCUT2D eigenvalue weighted by molar-refractivity contribution is -0.147. The molecule has 4 aromatic rings. The van der Waals surface area contributed by atoms with Crippen LogP contribution in [0.2, 0.25) is 0 Å². The van der Waals surface area contributed by atoms with Gasteiger partial charge >= 0.3 is 16.1 Å². The summed E-state index contributed by atoms with van der Waals surface area (Å²) in [7, 11) is -2.48. The van der Waals surface area contributed by atoms with Gasteiger partial charge in [0.2, 0.25) is 5.91 Å². The fourth-order valence-electron chi connectivity index (χ4n) is 4.55. The van der Waals surface area contributed by atoms with Gasteiger partial charge in [0.05, 0.1) is 13.0 Å². The molecule has 1 amide bonds. The van der Waals surface area contributed by atoms with E-state index >= 15 is 0 Å². The molecule has 1 fully saturated rings. The molecule has 0 saturated carbocycles. The van der Waals surface area contributed by atoms with Gasteiger partial charge in [-0.15, -0.1) is 0 Å². The van der Waals surface area contributed by atoms with Gasteiger partial charge in [-0.3, -0.25) is 14.4 Å². The third-order valence-corrected chi connectivity index (χ3v) is 8.20. The average molecular weight is 616 g/mol. The van der Waals surface area contributed by atoms with Crippen molar-refractivity contribution in [3.8, 4) is 23.0 Å². The van der Waals surface area contributed by atoms with E-state index in [1.54, 1.807) is 55.6 Å². The highest BCUT2D eigenvalue weighted by Crippen LogP contribution is 2.33. The number of anilines is 1. The monoisotopic (exact) mass is 615 g/mol. The molecule has 0 spiro atoms. The number of rotatable bonds is 11. The number of benzene rings is 4. The predicted octanol–water partition coefficient (Wildman–Crippen LogP) is 5.34. The van der Waals surface area contributed by atoms with Crippen LogP contribution < -0.4 is 18.6 Å². The van der Waals surface area contributed by atoms with Crippen LogP contribution in [0.5, 0.6) is 23.0 Å². The van der Waals surface area contributed by atoms with Crippen LogP contribution in [0.3, 0.4) is 0 Å². The third kappa shape index (κ3) is 7.07. The highest BCUT2D eigenvalue weighted by molar-refractivity contribution is 7.87. The zero-order valence-corrected chi connectivity index (χ0v) is 24.8. The first-order chi connectivity index (χ1) is 21.1. The Kier molecular flexibility index (Phi) is 8.96. The summed E-state index contributed by atoms with van der Waals surface area (Å²) < 4.78 is 46.5. The van der Waals surface area contributed by atoms with Crippen molar-refractivity contribution in [2.45, 2.75) is 18.2 Å². The molecule has 1 saturated heterocycles. The summed E-state index contributed by atoms with van der Waals surface area (Å²) in [5.74, 6) is -0.410. The predicted molar refractivity (Wildman–Crippen MR) is 161 cm³/mol. The smallest absolute Gasteiger partial charge is 0.339 e. The summed E-state index contributed by atoms with van der Waals surface area (Å²) in [6.45, 7) is 1.42. The molecule has 44 heavy (non-hydrogen) atoms. The zero-order chi connectivity index (χ0) is 31.3. The van der Waals surface area contributed by atoms with Gasteiger partial charge in [-0.2, -0.15) is 8.42 Å². The Balaban J connectivity index is 1.13. The molecule has 10 nitrogen and oxygen atoms in total. The van der Waals surface area contributed by atoms with Crippen LogP contribution >= 0.6 is 0 Å². The first kappa shape index (κ1) is 30.3. The molecule has 1 atom stereocenters. The minimum absolute atomic E-state index is 0.00857. The molecule has 0 aromatic heterocycles. The Morgan fingerprint density at radius 3 is 2.14 bits per heavy atom. The molecule has 0 unspecified atom stereocenters. The van der Waals surface area contributed by atoms with Crippen LogP contribution in [0.15, 0.2) is 102 Å². The number of carbonyl (C=O) groups is 3. The first-order valence-electron chi connectivity index (χ1n) is 13.7. The van der Waals surface area contributed by atoms with Gasteiger partial charge in [-0.05, 0) is 79.7 Å². The number of Topliss-reactive ketones (excluding diaryl/α,β-unsaturated/α-hetero) is 1. The van der Waals surface area contributed by atoms with E-state index < -0.39 is 34.4 Å². The molecule has 1 heterocycles. The van der Waals surface area contributed by atoms with E-state index in [9.17, 15) is 22.8 Å². The molecule has 226 valence electrons. The summed E-state index contributed by atoms with van der Waals surface area (Å²) in [6, 6.07) is 25.8. The third-order valence-electron chi connectivity index (χ3n) is 6.94. The fourth-order valence-corrected chi connectivity index (χ4v) is 5.48. The van der Waals surface area contributed by atoms with Gasteiger partial charge in [0.25, 0.3) is 0 Å². The molecule has 0 aliphatic carbocycles. The lowest BCUT2D eigenvalue weighted by atomic mass is 10.1. The first-order valence-corrected chi connectivity index (χ1v) is 15.1. The number of para-hydroxylation sites is 2. The van der Waals surface area contributed by atoms with Crippen molar-refractivity contribution in [2.75, 3.05) is 25.2 Å². The van der Waals surface area contributed by atoms with Crippen LogP contribution in [0.25, 0.3) is 0 Å². The standard InChI is InChI=1S/C33H29NO9S/c1-22-7-17-28(18-8-22)44(38,39)43-27-13-9-23(10-14-27)29(35)21-41-33(37)24-19-32(36)34(20-24)25-11-15-26(16-12-25)42-31-6-4-3-5-30(31)40-2/h3-18,24H,19-21H2,1-2H3/t24-/m1/s1. The Morgan fingerprint density at radius 1 is 0.841 bits per heavy atom. The van der Waals surface area contributed by atoms with E-state index in [1.807, 2.05) is 19.1 Å². The number of nitrogens with zero attached hydrogens (tertiary/aromatic N) is 1. The fraction of sp³-hybridized carbons (Fsp3) is 0.182. The van der Waals surface area contributed by atoms with Crippen molar-refractivity contribution in [3.63, 3.8) is 0 Å². The number of methoxy groups -OCH3 is 1. The summed E-state index contributed by atoms with van der Waals surface area (Å²) in [4.78, 5) is 39.5. The van der Waals surface area contributed by atoms with E-state index in [1.165, 1.54) is 41.3 Å². The number of hydrogen-bond acceptors (Lipinski definition) is 9. The van der Waals surface area contributed by atoms with E-state index in [0.29, 0.717) is 22.9 Å². The Hall–Kier alpha value is -5.16. The van der Waals surface area contributed by atoms with Gasteiger partial charge in [-0.25, -0.2) is 0 Å². The van der Waals surface area contributed by atoms with Crippen molar-refractivity contribution < 1.29 is 41.2 Å². The maximum absolute atomic E-state index is 12.7. The number of ether oxygens (including phenoxy) is 3. The molecule has 1 aliphatic heterocycles. The van der Waals surface area contributed by atoms with E-state index in [0.717, 1.165) is 5.56 Å². The molecule has 4 aromatic carbocycles. The average Bonchev–Trinajstić information content (AvgIpc) is 3.42. The lowest BCUT2D eigenvalue weighted by Gasteiger charge is -2.17. The molecule has 5 rings (SSSR count). The highest BCUT2D eigenvalue weighted by Gasteiger charge is 2.36. The minimum Gasteiger partial charge on any atom is -0.493 e. The quantitative estimate of drug-likeness (QED) is 0.125. The van der Waals surface area contributed by atoms with Crippen LogP contribution in [0.1, 0.15) is 22.3 Å². The van der Waals surface area contributed by atoms with Gasteiger partial charge in [0, 0.05) is 24.2 Å². The molecular formula is C33H29NO9S. The highest BCUT2D eigenvalue weighted by atomic mass is 32.2. The SMILES string of the molecule is COc1ccccc1Oc1ccc(N2C[C@H](C(=O)OCC(=O)c3ccc(OS(=O)(=O)c4ccc(C)cc4)cc3)CC2=O)cc1. The van der Waals surface area contributed by atoms with Crippen LogP contribution in [0, 0.1) is 12.8 Å². The topological polar surface area (TPSA) is 126 Å². The van der Waals surface area contributed by atoms with Crippen LogP contribution in [-0.2, 0) is 24.4 Å². The van der Waals surface area contributed by atoms with Gasteiger partial charge in [0.15, 0.2) is 23.9 Å². The largest absolute Gasteiger partial charge is 0.493 e. The molecule has 0 bridgehead atoms. The lowest BCUT2D eigenvalue weighted by Crippen LogP contribution is -2.27. The molecule has 0 N–H and O–H groups in total. The van der Waals surface area contributed by atoms with Crippen molar-refractivity contribution in [3.05, 3.63) is 108 Å². The molecular weight excluding hydrogens is 586 g/mol. The molecule has 1 aliphatic rings. The second-order valence-corrected chi connectivity index (χ2v) is 11.6. The summed E-state index contributed by atoms with van der Waals surface area (Å²) in [6.07, 6.45) is -0.0476. The number of carbonyl (C=O) groups excluding carboxylic acids is 3. The molecule has 11 heteroatoms. The summed E-state index contributed by atoms with van der Waals surface area (Å²) >= 11 is 0. The Labute approximate surface area is 254 Å². The molecule has 0 radical (unpaired) electrons. The van der Waals surface area contributed by atoms with Gasteiger partial charge in [-0.1, -0.05) is 29.8 Å². The summed E-state index contributed by atoms with van der Waals surface area (Å²) in [5, 5.41) is 0.